The normalized spacial score (nSPS) is 11.3. The number of nitrogens with zero attached hydrogens (tertiary/aromatic N) is 2. The van der Waals surface area contributed by atoms with Crippen LogP contribution < -0.4 is 5.73 Å². The third-order valence-electron chi connectivity index (χ3n) is 2.05. The molecule has 0 saturated heterocycles. The van der Waals surface area contributed by atoms with Crippen LogP contribution in [0.25, 0.3) is 0 Å². The highest BCUT2D eigenvalue weighted by Gasteiger charge is 2.16. The van der Waals surface area contributed by atoms with Crippen molar-refractivity contribution in [2.24, 2.45) is 10.9 Å². The molecule has 0 fully saturated rings. The summed E-state index contributed by atoms with van der Waals surface area (Å²) in [6.45, 7) is -0.0404. The first-order chi connectivity index (χ1) is 7.95. The molecule has 0 radical (unpaired) electrons. The fraction of sp³-hybridized carbons (Fsp3) is 0.200. The molecular weight excluding hydrogens is 246 g/mol. The van der Waals surface area contributed by atoms with E-state index >= 15 is 0 Å². The van der Waals surface area contributed by atoms with Crippen molar-refractivity contribution in [3.8, 4) is 5.75 Å². The number of nitrogens with two attached hydrogens (primary N) is 1. The van der Waals surface area contributed by atoms with Gasteiger partial charge < -0.3 is 20.9 Å². The van der Waals surface area contributed by atoms with Gasteiger partial charge >= 0.3 is 0 Å². The number of carbonyl (C=O) groups is 1. The zero-order valence-electron chi connectivity index (χ0n) is 9.09. The minimum atomic E-state index is -0.433. The van der Waals surface area contributed by atoms with Crippen molar-refractivity contribution in [3.05, 3.63) is 28.8 Å². The Morgan fingerprint density at radius 3 is 2.82 bits per heavy atom. The Bertz CT molecular complexity index is 462. The number of amidine groups is 1. The second-order valence-electron chi connectivity index (χ2n) is 3.42. The zero-order valence-corrected chi connectivity index (χ0v) is 9.85. The number of likely N-dealkylation sites (N-methyl/N-ethyl adjacent to an activating group) is 1. The lowest BCUT2D eigenvalue weighted by Crippen LogP contribution is -2.35. The molecule has 0 atom stereocenters. The van der Waals surface area contributed by atoms with Crippen LogP contribution in [0.2, 0.25) is 5.02 Å². The highest BCUT2D eigenvalue weighted by molar-refractivity contribution is 6.33. The fourth-order valence-electron chi connectivity index (χ4n) is 1.23. The molecule has 1 aromatic carbocycles. The molecule has 17 heavy (non-hydrogen) atoms. The molecule has 92 valence electrons. The zero-order chi connectivity index (χ0) is 13.0. The Kier molecular flexibility index (Phi) is 4.17. The predicted molar refractivity (Wildman–Crippen MR) is 63.5 cm³/mol. The monoisotopic (exact) mass is 257 g/mol. The van der Waals surface area contributed by atoms with Crippen LogP contribution in [0, 0.1) is 0 Å². The maximum absolute atomic E-state index is 11.9. The van der Waals surface area contributed by atoms with Gasteiger partial charge in [-0.15, -0.1) is 0 Å². The number of amides is 1. The van der Waals surface area contributed by atoms with Crippen LogP contribution in [-0.4, -0.2) is 40.5 Å². The summed E-state index contributed by atoms with van der Waals surface area (Å²) in [5.41, 5.74) is 5.43. The van der Waals surface area contributed by atoms with Crippen molar-refractivity contribution in [2.75, 3.05) is 13.6 Å². The lowest BCUT2D eigenvalue weighted by Gasteiger charge is -2.16. The lowest BCUT2D eigenvalue weighted by molar-refractivity contribution is 0.0813. The lowest BCUT2D eigenvalue weighted by atomic mass is 10.2. The molecule has 0 aliphatic rings. The quantitative estimate of drug-likeness (QED) is 0.324. The van der Waals surface area contributed by atoms with Gasteiger partial charge in [0.05, 0.1) is 17.1 Å². The number of rotatable bonds is 3. The third-order valence-corrected chi connectivity index (χ3v) is 2.38. The van der Waals surface area contributed by atoms with Gasteiger partial charge in [-0.25, -0.2) is 0 Å². The van der Waals surface area contributed by atoms with Crippen LogP contribution in [0.5, 0.6) is 5.75 Å². The van der Waals surface area contributed by atoms with E-state index < -0.39 is 5.91 Å². The molecule has 1 rings (SSSR count). The second kappa shape index (κ2) is 5.40. The number of benzene rings is 1. The fourth-order valence-corrected chi connectivity index (χ4v) is 1.43. The summed E-state index contributed by atoms with van der Waals surface area (Å²) in [5, 5.41) is 20.7. The number of hydrogen-bond acceptors (Lipinski definition) is 4. The van der Waals surface area contributed by atoms with E-state index in [1.165, 1.54) is 30.1 Å². The molecule has 0 spiro atoms. The highest BCUT2D eigenvalue weighted by atomic mass is 35.5. The average molecular weight is 258 g/mol. The Balaban J connectivity index is 2.92. The summed E-state index contributed by atoms with van der Waals surface area (Å²) >= 11 is 5.84. The van der Waals surface area contributed by atoms with E-state index in [-0.39, 0.29) is 28.7 Å². The van der Waals surface area contributed by atoms with Crippen molar-refractivity contribution in [3.63, 3.8) is 0 Å². The van der Waals surface area contributed by atoms with Gasteiger partial charge in [-0.05, 0) is 18.2 Å². The van der Waals surface area contributed by atoms with Crippen molar-refractivity contribution < 1.29 is 15.1 Å². The van der Waals surface area contributed by atoms with Crippen LogP contribution in [0.4, 0.5) is 0 Å². The molecule has 6 nitrogen and oxygen atoms in total. The molecule has 0 aliphatic carbocycles. The van der Waals surface area contributed by atoms with E-state index in [0.29, 0.717) is 0 Å². The van der Waals surface area contributed by atoms with Crippen LogP contribution >= 0.6 is 11.6 Å². The molecule has 0 saturated carbocycles. The number of hydrogen-bond donors (Lipinski definition) is 3. The van der Waals surface area contributed by atoms with E-state index in [4.69, 9.17) is 22.5 Å². The second-order valence-corrected chi connectivity index (χ2v) is 3.82. The summed E-state index contributed by atoms with van der Waals surface area (Å²) in [5.74, 6) is -0.593. The van der Waals surface area contributed by atoms with Gasteiger partial charge in [0.2, 0.25) is 0 Å². The number of oxime groups is 1. The van der Waals surface area contributed by atoms with Crippen LogP contribution in [0.3, 0.4) is 0 Å². The van der Waals surface area contributed by atoms with Gasteiger partial charge in [-0.1, -0.05) is 16.8 Å². The van der Waals surface area contributed by atoms with E-state index in [9.17, 15) is 9.90 Å². The molecule has 0 heterocycles. The summed E-state index contributed by atoms with van der Waals surface area (Å²) < 4.78 is 0. The standard InChI is InChI=1S/C10H12ClN3O3/c1-14(5-9(12)13-17)10(16)7-4-6(15)2-3-8(7)11/h2-4,15,17H,5H2,1H3,(H2,12,13). The van der Waals surface area contributed by atoms with E-state index in [0.717, 1.165) is 0 Å². The number of aromatic hydroxyl groups is 1. The topological polar surface area (TPSA) is 99.1 Å². The molecule has 0 aromatic heterocycles. The minimum absolute atomic E-state index is 0.0404. The Labute approximate surface area is 103 Å². The van der Waals surface area contributed by atoms with Crippen molar-refractivity contribution in [2.45, 2.75) is 0 Å². The maximum atomic E-state index is 11.9. The Morgan fingerprint density at radius 1 is 1.59 bits per heavy atom. The van der Waals surface area contributed by atoms with Crippen molar-refractivity contribution in [1.29, 1.82) is 0 Å². The number of carbonyl (C=O) groups excluding carboxylic acids is 1. The maximum Gasteiger partial charge on any atom is 0.255 e. The first kappa shape index (κ1) is 13.1. The molecular formula is C10H12ClN3O3. The molecule has 0 aliphatic heterocycles. The summed E-state index contributed by atoms with van der Waals surface area (Å²) in [6, 6.07) is 4.05. The summed E-state index contributed by atoms with van der Waals surface area (Å²) in [4.78, 5) is 13.1. The Morgan fingerprint density at radius 2 is 2.24 bits per heavy atom. The van der Waals surface area contributed by atoms with Gasteiger partial charge in [-0.2, -0.15) is 0 Å². The average Bonchev–Trinajstić information content (AvgIpc) is 2.31. The summed E-state index contributed by atoms with van der Waals surface area (Å²) in [6.07, 6.45) is 0. The molecule has 7 heteroatoms. The van der Waals surface area contributed by atoms with Gasteiger partial charge in [0.1, 0.15) is 5.75 Å². The SMILES string of the molecule is CN(C/C(N)=N/O)C(=O)c1cc(O)ccc1Cl. The van der Waals surface area contributed by atoms with E-state index in [2.05, 4.69) is 5.16 Å². The summed E-state index contributed by atoms with van der Waals surface area (Å²) in [7, 11) is 1.47. The first-order valence-corrected chi connectivity index (χ1v) is 5.04. The predicted octanol–water partition coefficient (Wildman–Crippen LogP) is 0.864. The van der Waals surface area contributed by atoms with Crippen molar-refractivity contribution >= 4 is 23.3 Å². The third kappa shape index (κ3) is 3.25. The largest absolute Gasteiger partial charge is 0.508 e. The molecule has 1 aromatic rings. The van der Waals surface area contributed by atoms with Crippen LogP contribution in [0.15, 0.2) is 23.4 Å². The number of phenolic OH excluding ortho intramolecular Hbond substituents is 1. The van der Waals surface area contributed by atoms with E-state index in [1.54, 1.807) is 0 Å². The Hall–Kier alpha value is -1.95. The molecule has 0 bridgehead atoms. The van der Waals surface area contributed by atoms with Gasteiger partial charge in [0, 0.05) is 7.05 Å². The number of halogens is 1. The highest BCUT2D eigenvalue weighted by Crippen LogP contribution is 2.22. The molecule has 1 amide bonds. The van der Waals surface area contributed by atoms with Crippen LogP contribution in [0.1, 0.15) is 10.4 Å². The van der Waals surface area contributed by atoms with Gasteiger partial charge in [0.25, 0.3) is 5.91 Å². The molecule has 4 N–H and O–H groups in total. The van der Waals surface area contributed by atoms with Crippen LogP contribution in [-0.2, 0) is 0 Å². The molecule has 0 unspecified atom stereocenters. The van der Waals surface area contributed by atoms with E-state index in [1.807, 2.05) is 0 Å². The smallest absolute Gasteiger partial charge is 0.255 e. The van der Waals surface area contributed by atoms with Gasteiger partial charge in [0.15, 0.2) is 5.84 Å². The minimum Gasteiger partial charge on any atom is -0.508 e. The first-order valence-electron chi connectivity index (χ1n) is 4.66. The van der Waals surface area contributed by atoms with Crippen molar-refractivity contribution in [1.82, 2.24) is 4.90 Å². The number of phenols is 1. The van der Waals surface area contributed by atoms with Gasteiger partial charge in [-0.3, -0.25) is 4.79 Å².